The average Bonchev–Trinajstić information content (AvgIpc) is 3.23. The minimum Gasteiger partial charge on any atom is -0.350 e. The summed E-state index contributed by atoms with van der Waals surface area (Å²) in [6.45, 7) is 2.04. The number of hydrogen-bond acceptors (Lipinski definition) is 5. The summed E-state index contributed by atoms with van der Waals surface area (Å²) in [5, 5.41) is 0.946. The van der Waals surface area contributed by atoms with Crippen LogP contribution in [0.25, 0.3) is 22.3 Å². The Morgan fingerprint density at radius 1 is 1.08 bits per heavy atom. The van der Waals surface area contributed by atoms with Crippen molar-refractivity contribution in [3.05, 3.63) is 48.8 Å². The first kappa shape index (κ1) is 16.4. The molecule has 1 amide bonds. The van der Waals surface area contributed by atoms with E-state index in [2.05, 4.69) is 9.97 Å². The van der Waals surface area contributed by atoms with Crippen LogP contribution in [0.3, 0.4) is 0 Å². The molecule has 1 saturated heterocycles. The number of benzene rings is 1. The fourth-order valence-corrected chi connectivity index (χ4v) is 3.33. The molecule has 2 aromatic heterocycles. The number of nitrogens with zero attached hydrogens (tertiary/aromatic N) is 5. The maximum atomic E-state index is 12.6. The molecule has 26 heavy (non-hydrogen) atoms. The van der Waals surface area contributed by atoms with Gasteiger partial charge in [-0.25, -0.2) is 9.97 Å². The molecule has 0 aliphatic carbocycles. The van der Waals surface area contributed by atoms with E-state index in [4.69, 9.17) is 4.98 Å². The fraction of sp³-hybridized carbons (Fsp3) is 0.300. The smallest absolute Gasteiger partial charge is 0.242 e. The molecule has 0 unspecified atom stereocenters. The van der Waals surface area contributed by atoms with Crippen molar-refractivity contribution in [1.82, 2.24) is 19.9 Å². The van der Waals surface area contributed by atoms with Gasteiger partial charge in [0.1, 0.15) is 5.82 Å². The Kier molecular flexibility index (Phi) is 4.48. The van der Waals surface area contributed by atoms with Crippen molar-refractivity contribution >= 4 is 22.6 Å². The Labute approximate surface area is 152 Å². The highest BCUT2D eigenvalue weighted by atomic mass is 16.2. The molecule has 0 atom stereocenters. The van der Waals surface area contributed by atoms with E-state index in [1.807, 2.05) is 53.2 Å². The zero-order valence-electron chi connectivity index (χ0n) is 14.8. The molecule has 0 bridgehead atoms. The van der Waals surface area contributed by atoms with Gasteiger partial charge in [0.2, 0.25) is 5.91 Å². The lowest BCUT2D eigenvalue weighted by molar-refractivity contribution is -0.128. The first-order valence-corrected chi connectivity index (χ1v) is 8.88. The highest BCUT2D eigenvalue weighted by molar-refractivity contribution is 5.92. The van der Waals surface area contributed by atoms with Crippen LogP contribution in [0.2, 0.25) is 0 Å². The number of likely N-dealkylation sites (tertiary alicyclic amines) is 1. The van der Waals surface area contributed by atoms with Gasteiger partial charge >= 0.3 is 0 Å². The van der Waals surface area contributed by atoms with Crippen molar-refractivity contribution in [2.75, 3.05) is 31.6 Å². The van der Waals surface area contributed by atoms with Crippen molar-refractivity contribution in [1.29, 1.82) is 0 Å². The summed E-state index contributed by atoms with van der Waals surface area (Å²) in [6, 6.07) is 11.7. The Bertz CT molecular complexity index is 922. The van der Waals surface area contributed by atoms with Crippen LogP contribution in [0.15, 0.2) is 48.8 Å². The number of para-hydroxylation sites is 1. The third-order valence-electron chi connectivity index (χ3n) is 4.71. The fourth-order valence-electron chi connectivity index (χ4n) is 3.33. The van der Waals surface area contributed by atoms with Gasteiger partial charge in [-0.15, -0.1) is 0 Å². The van der Waals surface area contributed by atoms with E-state index in [0.29, 0.717) is 12.4 Å². The summed E-state index contributed by atoms with van der Waals surface area (Å²) in [5.41, 5.74) is 1.77. The Balaban J connectivity index is 1.71. The molecule has 4 rings (SSSR count). The average molecular weight is 347 g/mol. The quantitative estimate of drug-likeness (QED) is 0.726. The van der Waals surface area contributed by atoms with Crippen LogP contribution in [0, 0.1) is 0 Å². The number of carbonyl (C=O) groups excluding carboxylic acids is 1. The second kappa shape index (κ2) is 7.07. The number of pyridine rings is 1. The summed E-state index contributed by atoms with van der Waals surface area (Å²) in [4.78, 5) is 29.9. The molecule has 1 aliphatic rings. The summed E-state index contributed by atoms with van der Waals surface area (Å²) in [6.07, 6.45) is 5.65. The maximum absolute atomic E-state index is 12.6. The molecule has 0 saturated carbocycles. The van der Waals surface area contributed by atoms with E-state index >= 15 is 0 Å². The van der Waals surface area contributed by atoms with Gasteiger partial charge in [0, 0.05) is 43.5 Å². The lowest BCUT2D eigenvalue weighted by atomic mass is 10.2. The predicted octanol–water partition coefficient (Wildman–Crippen LogP) is 2.75. The number of fused-ring (bicyclic) bond motifs is 1. The topological polar surface area (TPSA) is 62.2 Å². The number of aromatic nitrogens is 3. The third-order valence-corrected chi connectivity index (χ3v) is 4.71. The van der Waals surface area contributed by atoms with Crippen molar-refractivity contribution < 1.29 is 4.79 Å². The largest absolute Gasteiger partial charge is 0.350 e. The van der Waals surface area contributed by atoms with Crippen molar-refractivity contribution in [2.45, 2.75) is 12.8 Å². The van der Waals surface area contributed by atoms with Gasteiger partial charge in [-0.3, -0.25) is 9.78 Å². The number of rotatable bonds is 4. The van der Waals surface area contributed by atoms with E-state index in [9.17, 15) is 4.79 Å². The first-order valence-electron chi connectivity index (χ1n) is 8.88. The van der Waals surface area contributed by atoms with E-state index in [1.54, 1.807) is 12.4 Å². The summed E-state index contributed by atoms with van der Waals surface area (Å²) < 4.78 is 0. The van der Waals surface area contributed by atoms with E-state index in [0.717, 1.165) is 48.2 Å². The van der Waals surface area contributed by atoms with E-state index in [1.165, 1.54) is 0 Å². The van der Waals surface area contributed by atoms with Crippen LogP contribution >= 0.6 is 0 Å². The zero-order valence-corrected chi connectivity index (χ0v) is 14.8. The number of hydrogen-bond donors (Lipinski definition) is 0. The molecule has 6 heteroatoms. The first-order chi connectivity index (χ1) is 12.7. The predicted molar refractivity (Wildman–Crippen MR) is 102 cm³/mol. The lowest BCUT2D eigenvalue weighted by Gasteiger charge is -2.23. The number of likely N-dealkylation sites (N-methyl/N-ethyl adjacent to an activating group) is 1. The van der Waals surface area contributed by atoms with Gasteiger partial charge in [-0.1, -0.05) is 12.1 Å². The van der Waals surface area contributed by atoms with Crippen LogP contribution in [0.5, 0.6) is 0 Å². The van der Waals surface area contributed by atoms with Crippen LogP contribution < -0.4 is 4.90 Å². The Morgan fingerprint density at radius 2 is 1.81 bits per heavy atom. The van der Waals surface area contributed by atoms with E-state index < -0.39 is 0 Å². The molecule has 6 nitrogen and oxygen atoms in total. The Morgan fingerprint density at radius 3 is 2.58 bits per heavy atom. The number of anilines is 1. The molecule has 132 valence electrons. The Hall–Kier alpha value is -3.02. The summed E-state index contributed by atoms with van der Waals surface area (Å²) in [5.74, 6) is 1.56. The minimum atomic E-state index is 0.151. The van der Waals surface area contributed by atoms with Gasteiger partial charge in [-0.05, 0) is 37.1 Å². The molecular formula is C20H21N5O. The van der Waals surface area contributed by atoms with Gasteiger partial charge in [0.25, 0.3) is 0 Å². The molecule has 3 heterocycles. The molecule has 0 spiro atoms. The van der Waals surface area contributed by atoms with Crippen LogP contribution in [-0.2, 0) is 4.79 Å². The van der Waals surface area contributed by atoms with Crippen molar-refractivity contribution in [3.63, 3.8) is 0 Å². The second-order valence-corrected chi connectivity index (χ2v) is 6.57. The molecule has 1 fully saturated rings. The van der Waals surface area contributed by atoms with Gasteiger partial charge in [0.05, 0.1) is 12.1 Å². The molecule has 3 aromatic rings. The molecule has 1 aromatic carbocycles. The van der Waals surface area contributed by atoms with Crippen LogP contribution in [-0.4, -0.2) is 52.4 Å². The zero-order chi connectivity index (χ0) is 17.9. The normalized spacial score (nSPS) is 14.0. The highest BCUT2D eigenvalue weighted by Crippen LogP contribution is 2.26. The van der Waals surface area contributed by atoms with Gasteiger partial charge in [0.15, 0.2) is 5.82 Å². The number of carbonyl (C=O) groups is 1. The SMILES string of the molecule is CN(CC(=O)N1CCCC1)c1nc(-c2ccncc2)nc2ccccc12. The van der Waals surface area contributed by atoms with Crippen molar-refractivity contribution in [2.24, 2.45) is 0 Å². The maximum Gasteiger partial charge on any atom is 0.242 e. The van der Waals surface area contributed by atoms with Gasteiger partial charge < -0.3 is 9.80 Å². The molecular weight excluding hydrogens is 326 g/mol. The molecule has 0 radical (unpaired) electrons. The summed E-state index contributed by atoms with van der Waals surface area (Å²) >= 11 is 0. The van der Waals surface area contributed by atoms with E-state index in [-0.39, 0.29) is 5.91 Å². The summed E-state index contributed by atoms with van der Waals surface area (Å²) in [7, 11) is 1.92. The highest BCUT2D eigenvalue weighted by Gasteiger charge is 2.21. The second-order valence-electron chi connectivity index (χ2n) is 6.57. The standard InChI is InChI=1S/C20H21N5O/c1-24(14-18(26)25-12-4-5-13-25)20-16-6-2-3-7-17(16)22-19(23-20)15-8-10-21-11-9-15/h2-3,6-11H,4-5,12-14H2,1H3. The van der Waals surface area contributed by atoms with Crippen molar-refractivity contribution in [3.8, 4) is 11.4 Å². The van der Waals surface area contributed by atoms with Gasteiger partial charge in [-0.2, -0.15) is 0 Å². The van der Waals surface area contributed by atoms with Crippen LogP contribution in [0.1, 0.15) is 12.8 Å². The molecule has 1 aliphatic heterocycles. The lowest BCUT2D eigenvalue weighted by Crippen LogP contribution is -2.37. The molecule has 0 N–H and O–H groups in total. The monoisotopic (exact) mass is 347 g/mol. The number of amides is 1. The van der Waals surface area contributed by atoms with Crippen LogP contribution in [0.4, 0.5) is 5.82 Å². The third kappa shape index (κ3) is 3.22. The minimum absolute atomic E-state index is 0.151.